The molecule has 1 atom stereocenters. The molecule has 1 unspecified atom stereocenters. The second-order valence-electron chi connectivity index (χ2n) is 5.52. The van der Waals surface area contributed by atoms with Crippen molar-refractivity contribution in [3.05, 3.63) is 33.9 Å². The summed E-state index contributed by atoms with van der Waals surface area (Å²) in [7, 11) is 1.27. The smallest absolute Gasteiger partial charge is 0.310 e. The standard InChI is InChI=1S/C15H20N2O6/c1-9(2)6-11(15(19)20)8-16-14(18)10-4-5-12(17(21)22)13(7-10)23-3/h4-5,7,9,11H,6,8H2,1-3H3,(H,16,18)(H,19,20). The SMILES string of the molecule is COc1cc(C(=O)NCC(CC(C)C)C(=O)O)ccc1[N+](=O)[O-]. The minimum atomic E-state index is -0.972. The number of benzene rings is 1. The molecule has 0 fully saturated rings. The number of amides is 1. The van der Waals surface area contributed by atoms with Crippen LogP contribution < -0.4 is 10.1 Å². The number of nitrogens with one attached hydrogen (secondary N) is 1. The van der Waals surface area contributed by atoms with Gasteiger partial charge in [0.2, 0.25) is 0 Å². The fourth-order valence-corrected chi connectivity index (χ4v) is 2.13. The van der Waals surface area contributed by atoms with Crippen molar-refractivity contribution < 1.29 is 24.4 Å². The monoisotopic (exact) mass is 324 g/mol. The van der Waals surface area contributed by atoms with Crippen LogP contribution in [0.15, 0.2) is 18.2 Å². The van der Waals surface area contributed by atoms with E-state index in [2.05, 4.69) is 5.32 Å². The van der Waals surface area contributed by atoms with E-state index < -0.39 is 22.7 Å². The predicted molar refractivity (Wildman–Crippen MR) is 82.6 cm³/mol. The third-order valence-electron chi connectivity index (χ3n) is 3.25. The molecule has 0 heterocycles. The number of methoxy groups -OCH3 is 1. The first-order valence-corrected chi connectivity index (χ1v) is 7.09. The zero-order chi connectivity index (χ0) is 17.6. The van der Waals surface area contributed by atoms with E-state index in [9.17, 15) is 19.7 Å². The van der Waals surface area contributed by atoms with Gasteiger partial charge in [0, 0.05) is 24.2 Å². The second kappa shape index (κ2) is 8.11. The predicted octanol–water partition coefficient (Wildman–Crippen LogP) is 2.08. The lowest BCUT2D eigenvalue weighted by Gasteiger charge is -2.15. The maximum Gasteiger partial charge on any atom is 0.310 e. The van der Waals surface area contributed by atoms with Gasteiger partial charge in [0.15, 0.2) is 5.75 Å². The molecule has 1 aromatic carbocycles. The topological polar surface area (TPSA) is 119 Å². The van der Waals surface area contributed by atoms with Crippen LogP contribution in [-0.2, 0) is 4.79 Å². The maximum absolute atomic E-state index is 12.1. The van der Waals surface area contributed by atoms with E-state index in [-0.39, 0.29) is 29.5 Å². The van der Waals surface area contributed by atoms with Gasteiger partial charge in [-0.25, -0.2) is 0 Å². The van der Waals surface area contributed by atoms with Gasteiger partial charge in [-0.1, -0.05) is 13.8 Å². The van der Waals surface area contributed by atoms with E-state index in [1.807, 2.05) is 13.8 Å². The van der Waals surface area contributed by atoms with Crippen molar-refractivity contribution in [1.29, 1.82) is 0 Å². The molecular formula is C15H20N2O6. The van der Waals surface area contributed by atoms with Gasteiger partial charge in [0.1, 0.15) is 0 Å². The molecule has 1 aromatic rings. The Morgan fingerprint density at radius 2 is 2.04 bits per heavy atom. The van der Waals surface area contributed by atoms with Crippen molar-refractivity contribution in [1.82, 2.24) is 5.32 Å². The fourth-order valence-electron chi connectivity index (χ4n) is 2.13. The quantitative estimate of drug-likeness (QED) is 0.558. The molecule has 0 saturated carbocycles. The fraction of sp³-hybridized carbons (Fsp3) is 0.467. The van der Waals surface area contributed by atoms with E-state index in [1.54, 1.807) is 0 Å². The molecular weight excluding hydrogens is 304 g/mol. The molecule has 0 saturated heterocycles. The highest BCUT2D eigenvalue weighted by molar-refractivity contribution is 5.95. The van der Waals surface area contributed by atoms with Crippen LogP contribution in [0.1, 0.15) is 30.6 Å². The normalized spacial score (nSPS) is 11.8. The zero-order valence-corrected chi connectivity index (χ0v) is 13.2. The Kier molecular flexibility index (Phi) is 6.49. The summed E-state index contributed by atoms with van der Waals surface area (Å²) in [5.41, 5.74) is -0.0756. The van der Waals surface area contributed by atoms with Crippen molar-refractivity contribution in [2.24, 2.45) is 11.8 Å². The first-order chi connectivity index (χ1) is 10.8. The molecule has 0 aliphatic carbocycles. The van der Waals surface area contributed by atoms with Crippen molar-refractivity contribution >= 4 is 17.6 Å². The largest absolute Gasteiger partial charge is 0.490 e. The van der Waals surface area contributed by atoms with Crippen molar-refractivity contribution in [2.75, 3.05) is 13.7 Å². The van der Waals surface area contributed by atoms with Gasteiger partial charge in [0.25, 0.3) is 5.91 Å². The van der Waals surface area contributed by atoms with Crippen LogP contribution >= 0.6 is 0 Å². The van der Waals surface area contributed by atoms with E-state index in [0.29, 0.717) is 6.42 Å². The molecule has 8 nitrogen and oxygen atoms in total. The first-order valence-electron chi connectivity index (χ1n) is 7.09. The van der Waals surface area contributed by atoms with Gasteiger partial charge in [-0.05, 0) is 18.4 Å². The molecule has 0 spiro atoms. The number of nitrogens with zero attached hydrogens (tertiary/aromatic N) is 1. The highest BCUT2D eigenvalue weighted by Crippen LogP contribution is 2.27. The molecule has 2 N–H and O–H groups in total. The molecule has 0 aliphatic heterocycles. The second-order valence-corrected chi connectivity index (χ2v) is 5.52. The van der Waals surface area contributed by atoms with Gasteiger partial charge < -0.3 is 15.2 Å². The van der Waals surface area contributed by atoms with Gasteiger partial charge in [-0.3, -0.25) is 19.7 Å². The number of nitro groups is 1. The summed E-state index contributed by atoms with van der Waals surface area (Å²) in [5, 5.41) is 22.5. The summed E-state index contributed by atoms with van der Waals surface area (Å²) < 4.78 is 4.90. The number of carbonyl (C=O) groups is 2. The summed E-state index contributed by atoms with van der Waals surface area (Å²) in [6.07, 6.45) is 0.444. The van der Waals surface area contributed by atoms with Crippen LogP contribution in [0, 0.1) is 22.0 Å². The molecule has 8 heteroatoms. The van der Waals surface area contributed by atoms with Gasteiger partial charge >= 0.3 is 11.7 Å². The third kappa shape index (κ3) is 5.24. The minimum absolute atomic E-state index is 0.00828. The van der Waals surface area contributed by atoms with Crippen molar-refractivity contribution in [2.45, 2.75) is 20.3 Å². The van der Waals surface area contributed by atoms with Crippen molar-refractivity contribution in [3.63, 3.8) is 0 Å². The Labute approximate surface area is 133 Å². The van der Waals surface area contributed by atoms with Crippen LogP contribution in [0.2, 0.25) is 0 Å². The molecule has 0 aromatic heterocycles. The molecule has 23 heavy (non-hydrogen) atoms. The highest BCUT2D eigenvalue weighted by atomic mass is 16.6. The highest BCUT2D eigenvalue weighted by Gasteiger charge is 2.21. The molecule has 1 rings (SSSR count). The van der Waals surface area contributed by atoms with Crippen LogP contribution in [-0.4, -0.2) is 35.6 Å². The molecule has 0 aliphatic rings. The Morgan fingerprint density at radius 3 is 2.52 bits per heavy atom. The van der Waals surface area contributed by atoms with Gasteiger partial charge in [-0.2, -0.15) is 0 Å². The van der Waals surface area contributed by atoms with Crippen molar-refractivity contribution in [3.8, 4) is 5.75 Å². The Hall–Kier alpha value is -2.64. The van der Waals surface area contributed by atoms with Crippen LogP contribution in [0.3, 0.4) is 0 Å². The Morgan fingerprint density at radius 1 is 1.39 bits per heavy atom. The number of hydrogen-bond donors (Lipinski definition) is 2. The Balaban J connectivity index is 2.81. The number of rotatable bonds is 8. The first kappa shape index (κ1) is 18.4. The average Bonchev–Trinajstić information content (AvgIpc) is 2.49. The Bertz CT molecular complexity index is 600. The summed E-state index contributed by atoms with van der Waals surface area (Å²) in [6, 6.07) is 3.73. The lowest BCUT2D eigenvalue weighted by Crippen LogP contribution is -2.33. The number of carboxylic acids is 1. The summed E-state index contributed by atoms with van der Waals surface area (Å²) in [4.78, 5) is 33.4. The van der Waals surface area contributed by atoms with E-state index in [4.69, 9.17) is 9.84 Å². The molecule has 1 amide bonds. The van der Waals surface area contributed by atoms with E-state index >= 15 is 0 Å². The average molecular weight is 324 g/mol. The van der Waals surface area contributed by atoms with Gasteiger partial charge in [-0.15, -0.1) is 0 Å². The van der Waals surface area contributed by atoms with E-state index in [0.717, 1.165) is 0 Å². The molecule has 0 bridgehead atoms. The number of carboxylic acid groups (broad SMARTS) is 1. The number of nitro benzene ring substituents is 1. The number of carbonyl (C=O) groups excluding carboxylic acids is 1. The van der Waals surface area contributed by atoms with E-state index in [1.165, 1.54) is 25.3 Å². The summed E-state index contributed by atoms with van der Waals surface area (Å²) in [6.45, 7) is 3.80. The van der Waals surface area contributed by atoms with Crippen LogP contribution in [0.25, 0.3) is 0 Å². The summed E-state index contributed by atoms with van der Waals surface area (Å²) >= 11 is 0. The van der Waals surface area contributed by atoms with Crippen LogP contribution in [0.5, 0.6) is 5.75 Å². The molecule has 126 valence electrons. The number of ether oxygens (including phenoxy) is 1. The number of hydrogen-bond acceptors (Lipinski definition) is 5. The van der Waals surface area contributed by atoms with Gasteiger partial charge in [0.05, 0.1) is 18.0 Å². The number of aliphatic carboxylic acids is 1. The zero-order valence-electron chi connectivity index (χ0n) is 13.2. The summed E-state index contributed by atoms with van der Waals surface area (Å²) in [5.74, 6) is -2.00. The van der Waals surface area contributed by atoms with Crippen LogP contribution in [0.4, 0.5) is 5.69 Å². The molecule has 0 radical (unpaired) electrons. The lowest BCUT2D eigenvalue weighted by molar-refractivity contribution is -0.385. The third-order valence-corrected chi connectivity index (χ3v) is 3.25. The minimum Gasteiger partial charge on any atom is -0.490 e. The maximum atomic E-state index is 12.1. The lowest BCUT2D eigenvalue weighted by atomic mass is 9.97.